The van der Waals surface area contributed by atoms with Gasteiger partial charge in [-0.2, -0.15) is 0 Å². The van der Waals surface area contributed by atoms with Crippen molar-refractivity contribution in [1.82, 2.24) is 16.0 Å². The van der Waals surface area contributed by atoms with Crippen LogP contribution in [0.2, 0.25) is 0 Å². The maximum Gasteiger partial charge on any atom is 0.335 e. The molecule has 230 valence electrons. The van der Waals surface area contributed by atoms with Crippen molar-refractivity contribution in [3.05, 3.63) is 83.4 Å². The summed E-state index contributed by atoms with van der Waals surface area (Å²) in [5.74, 6) is -2.92. The Bertz CT molecular complexity index is 1420. The molecule has 0 saturated carbocycles. The molecule has 6 N–H and O–H groups in total. The van der Waals surface area contributed by atoms with E-state index in [0.717, 1.165) is 10.8 Å². The standard InChI is InChI=1S/C33H41N3O7/c1-19(2)16-26(35-32(41)30(39)25-11-7-9-22-8-5-6-10-24(22)25)27(37)17-28(38)36-29(20(3)4)31(40)34-18-21-12-14-23(15-13-21)33(42)43/h5-15,19-20,26-27,29-30,37,39H,16-18H2,1-4H3,(H,34,40)(H,35,41)(H,36,38)(H,42,43)/t26-,27-,29-,30?/m0/s1. The van der Waals surface area contributed by atoms with E-state index in [4.69, 9.17) is 5.11 Å². The highest BCUT2D eigenvalue weighted by Crippen LogP contribution is 2.25. The van der Waals surface area contributed by atoms with Crippen LogP contribution in [-0.4, -0.2) is 57.2 Å². The SMILES string of the molecule is CC(C)C[C@H](NC(=O)C(O)c1cccc2ccccc12)[C@@H](O)CC(=O)N[C@H](C(=O)NCc1ccc(C(=O)O)cc1)C(C)C. The summed E-state index contributed by atoms with van der Waals surface area (Å²) in [6.07, 6.45) is -2.75. The fourth-order valence-corrected chi connectivity index (χ4v) is 4.88. The first-order chi connectivity index (χ1) is 20.4. The first-order valence-electron chi connectivity index (χ1n) is 14.4. The number of carboxylic acids is 1. The number of hydrogen-bond donors (Lipinski definition) is 6. The quantitative estimate of drug-likeness (QED) is 0.167. The highest BCUT2D eigenvalue weighted by atomic mass is 16.4. The molecule has 3 aromatic rings. The zero-order chi connectivity index (χ0) is 31.7. The predicted octanol–water partition coefficient (Wildman–Crippen LogP) is 3.31. The number of carboxylic acid groups (broad SMARTS) is 1. The molecule has 43 heavy (non-hydrogen) atoms. The van der Waals surface area contributed by atoms with E-state index in [1.807, 2.05) is 44.2 Å². The van der Waals surface area contributed by atoms with Gasteiger partial charge < -0.3 is 31.3 Å². The predicted molar refractivity (Wildman–Crippen MR) is 163 cm³/mol. The van der Waals surface area contributed by atoms with Gasteiger partial charge in [0.15, 0.2) is 6.10 Å². The number of fused-ring (bicyclic) bond motifs is 1. The molecule has 4 atom stereocenters. The number of benzene rings is 3. The third kappa shape index (κ3) is 9.36. The van der Waals surface area contributed by atoms with Gasteiger partial charge in [0.1, 0.15) is 6.04 Å². The third-order valence-electron chi connectivity index (χ3n) is 7.21. The van der Waals surface area contributed by atoms with E-state index in [9.17, 15) is 29.4 Å². The summed E-state index contributed by atoms with van der Waals surface area (Å²) in [6.45, 7) is 7.53. The second-order valence-corrected chi connectivity index (χ2v) is 11.5. The Morgan fingerprint density at radius 1 is 0.791 bits per heavy atom. The minimum Gasteiger partial charge on any atom is -0.478 e. The van der Waals surface area contributed by atoms with Crippen molar-refractivity contribution in [3.63, 3.8) is 0 Å². The van der Waals surface area contributed by atoms with Crippen molar-refractivity contribution >= 4 is 34.5 Å². The summed E-state index contributed by atoms with van der Waals surface area (Å²) < 4.78 is 0. The van der Waals surface area contributed by atoms with Crippen LogP contribution in [0.15, 0.2) is 66.7 Å². The van der Waals surface area contributed by atoms with E-state index in [-0.39, 0.29) is 30.4 Å². The molecule has 3 aromatic carbocycles. The van der Waals surface area contributed by atoms with Crippen molar-refractivity contribution in [1.29, 1.82) is 0 Å². The van der Waals surface area contributed by atoms with Crippen LogP contribution in [-0.2, 0) is 20.9 Å². The fourth-order valence-electron chi connectivity index (χ4n) is 4.88. The normalized spacial score (nSPS) is 14.1. The summed E-state index contributed by atoms with van der Waals surface area (Å²) in [6, 6.07) is 17.1. The molecule has 0 fully saturated rings. The first kappa shape index (κ1) is 33.2. The van der Waals surface area contributed by atoms with Crippen molar-refractivity contribution in [2.75, 3.05) is 0 Å². The van der Waals surface area contributed by atoms with Crippen LogP contribution in [0, 0.1) is 11.8 Å². The molecule has 0 spiro atoms. The Kier molecular flexibility index (Phi) is 11.8. The zero-order valence-electron chi connectivity index (χ0n) is 24.9. The van der Waals surface area contributed by atoms with E-state index in [1.54, 1.807) is 38.1 Å². The van der Waals surface area contributed by atoms with Gasteiger partial charge in [0.25, 0.3) is 5.91 Å². The van der Waals surface area contributed by atoms with Gasteiger partial charge in [-0.3, -0.25) is 14.4 Å². The molecule has 0 heterocycles. The van der Waals surface area contributed by atoms with E-state index >= 15 is 0 Å². The van der Waals surface area contributed by atoms with E-state index in [0.29, 0.717) is 17.5 Å². The van der Waals surface area contributed by atoms with Gasteiger partial charge in [-0.1, -0.05) is 82.3 Å². The summed E-state index contributed by atoms with van der Waals surface area (Å²) in [5, 5.41) is 40.7. The maximum absolute atomic E-state index is 13.1. The minimum absolute atomic E-state index is 0.0662. The van der Waals surface area contributed by atoms with E-state index < -0.39 is 48.0 Å². The second-order valence-electron chi connectivity index (χ2n) is 11.5. The fraction of sp³-hybridized carbons (Fsp3) is 0.394. The summed E-state index contributed by atoms with van der Waals surface area (Å²) in [4.78, 5) is 50.0. The van der Waals surface area contributed by atoms with Crippen molar-refractivity contribution in [2.45, 2.75) is 71.4 Å². The molecule has 3 amide bonds. The lowest BCUT2D eigenvalue weighted by Crippen LogP contribution is -2.52. The van der Waals surface area contributed by atoms with Gasteiger partial charge in [0, 0.05) is 6.54 Å². The molecule has 10 heteroatoms. The Balaban J connectivity index is 1.62. The lowest BCUT2D eigenvalue weighted by Gasteiger charge is -2.28. The molecular formula is C33H41N3O7. The van der Waals surface area contributed by atoms with Crippen molar-refractivity contribution in [3.8, 4) is 0 Å². The van der Waals surface area contributed by atoms with Crippen LogP contribution in [0.3, 0.4) is 0 Å². The number of carbonyl (C=O) groups is 4. The molecule has 0 aromatic heterocycles. The monoisotopic (exact) mass is 591 g/mol. The lowest BCUT2D eigenvalue weighted by molar-refractivity contribution is -0.133. The van der Waals surface area contributed by atoms with Crippen molar-refractivity contribution < 1.29 is 34.5 Å². The average Bonchev–Trinajstić information content (AvgIpc) is 2.97. The van der Waals surface area contributed by atoms with Crippen molar-refractivity contribution in [2.24, 2.45) is 11.8 Å². The van der Waals surface area contributed by atoms with Crippen LogP contribution in [0.25, 0.3) is 10.8 Å². The van der Waals surface area contributed by atoms with Gasteiger partial charge in [0.2, 0.25) is 11.8 Å². The van der Waals surface area contributed by atoms with Crippen LogP contribution in [0.1, 0.15) is 68.1 Å². The number of carbonyl (C=O) groups excluding carboxylic acids is 3. The first-order valence-corrected chi connectivity index (χ1v) is 14.4. The lowest BCUT2D eigenvalue weighted by atomic mass is 9.95. The third-order valence-corrected chi connectivity index (χ3v) is 7.21. The average molecular weight is 592 g/mol. The van der Waals surface area contributed by atoms with Crippen LogP contribution >= 0.6 is 0 Å². The summed E-state index contributed by atoms with van der Waals surface area (Å²) in [7, 11) is 0. The topological polar surface area (TPSA) is 165 Å². The van der Waals surface area contributed by atoms with Gasteiger partial charge >= 0.3 is 5.97 Å². The van der Waals surface area contributed by atoms with Gasteiger partial charge in [-0.25, -0.2) is 4.79 Å². The highest BCUT2D eigenvalue weighted by molar-refractivity contribution is 5.92. The number of aliphatic hydroxyl groups excluding tert-OH is 2. The largest absolute Gasteiger partial charge is 0.478 e. The maximum atomic E-state index is 13.1. The van der Waals surface area contributed by atoms with Gasteiger partial charge in [-0.05, 0) is 52.3 Å². The molecule has 10 nitrogen and oxygen atoms in total. The number of hydrogen-bond acceptors (Lipinski definition) is 6. The summed E-state index contributed by atoms with van der Waals surface area (Å²) in [5.41, 5.74) is 1.27. The number of aromatic carboxylic acids is 1. The number of rotatable bonds is 14. The highest BCUT2D eigenvalue weighted by Gasteiger charge is 2.30. The molecule has 0 aliphatic carbocycles. The Hall–Kier alpha value is -4.28. The molecule has 0 aliphatic rings. The molecule has 3 rings (SSSR count). The number of amides is 3. The molecule has 0 radical (unpaired) electrons. The van der Waals surface area contributed by atoms with Gasteiger partial charge in [-0.15, -0.1) is 0 Å². The Labute approximate surface area is 251 Å². The minimum atomic E-state index is -1.48. The van der Waals surface area contributed by atoms with Crippen LogP contribution in [0.4, 0.5) is 0 Å². The molecular weight excluding hydrogens is 550 g/mol. The smallest absolute Gasteiger partial charge is 0.335 e. The second kappa shape index (κ2) is 15.3. The molecule has 0 aliphatic heterocycles. The Morgan fingerprint density at radius 2 is 1.44 bits per heavy atom. The van der Waals surface area contributed by atoms with E-state index in [1.165, 1.54) is 12.1 Å². The molecule has 0 saturated heterocycles. The number of nitrogens with one attached hydrogen (secondary N) is 3. The Morgan fingerprint density at radius 3 is 2.07 bits per heavy atom. The van der Waals surface area contributed by atoms with Crippen LogP contribution < -0.4 is 16.0 Å². The van der Waals surface area contributed by atoms with E-state index in [2.05, 4.69) is 16.0 Å². The molecule has 0 bridgehead atoms. The molecule has 1 unspecified atom stereocenters. The van der Waals surface area contributed by atoms with Crippen LogP contribution in [0.5, 0.6) is 0 Å². The zero-order valence-corrected chi connectivity index (χ0v) is 24.9. The summed E-state index contributed by atoms with van der Waals surface area (Å²) >= 11 is 0. The van der Waals surface area contributed by atoms with Gasteiger partial charge in [0.05, 0.1) is 24.1 Å². The number of aliphatic hydroxyl groups is 2.